The maximum atomic E-state index is 7.28. The lowest BCUT2D eigenvalue weighted by Gasteiger charge is -2.51. The summed E-state index contributed by atoms with van der Waals surface area (Å²) in [5.74, 6) is 8.69. The van der Waals surface area contributed by atoms with Crippen LogP contribution in [0.3, 0.4) is 0 Å². The first-order chi connectivity index (χ1) is 22.1. The first-order valence-electron chi connectivity index (χ1n) is 15.9. The fraction of sp³-hybridized carbons (Fsp3) is 0.136. The lowest BCUT2D eigenvalue weighted by molar-refractivity contribution is 0.644. The number of benzene rings is 6. The Kier molecular flexibility index (Phi) is 4.91. The highest BCUT2D eigenvalue weighted by Crippen LogP contribution is 2.63. The van der Waals surface area contributed by atoms with Crippen LogP contribution in [0.5, 0.6) is 0 Å². The molecule has 0 aliphatic heterocycles. The van der Waals surface area contributed by atoms with E-state index < -0.39 is 10.8 Å². The summed E-state index contributed by atoms with van der Waals surface area (Å²) in [6.07, 6.45) is 0. The van der Waals surface area contributed by atoms with Crippen molar-refractivity contribution in [2.45, 2.75) is 36.5 Å². The van der Waals surface area contributed by atoms with Gasteiger partial charge < -0.3 is 0 Å². The Balaban J connectivity index is 1.41. The average Bonchev–Trinajstić information content (AvgIpc) is 3.09. The smallest absolute Gasteiger partial charge is 0.0839 e. The summed E-state index contributed by atoms with van der Waals surface area (Å²) in [5, 5.41) is 0.786. The van der Waals surface area contributed by atoms with Crippen molar-refractivity contribution >= 4 is 11.6 Å². The molecule has 0 spiro atoms. The summed E-state index contributed by atoms with van der Waals surface area (Å²) < 4.78 is 0. The van der Waals surface area contributed by atoms with Gasteiger partial charge in [0.05, 0.1) is 0 Å². The van der Waals surface area contributed by atoms with Crippen molar-refractivity contribution in [2.24, 2.45) is 0 Å². The molecule has 0 atom stereocenters. The van der Waals surface area contributed by atoms with Gasteiger partial charge in [0.25, 0.3) is 0 Å². The van der Waals surface area contributed by atoms with E-state index in [-0.39, 0.29) is 11.8 Å². The number of rotatable bonds is 0. The molecule has 12 rings (SSSR count). The third-order valence-electron chi connectivity index (χ3n) is 11.2. The zero-order chi connectivity index (χ0) is 30.1. The van der Waals surface area contributed by atoms with Crippen LogP contribution in [0.1, 0.15) is 89.7 Å². The molecule has 6 aliphatic rings. The molecule has 0 N–H and O–H groups in total. The van der Waals surface area contributed by atoms with Gasteiger partial charge >= 0.3 is 0 Å². The third-order valence-corrected chi connectivity index (χ3v) is 11.5. The summed E-state index contributed by atoms with van der Waals surface area (Å²) in [5.41, 5.74) is 17.0. The summed E-state index contributed by atoms with van der Waals surface area (Å²) >= 11 is 7.28. The van der Waals surface area contributed by atoms with E-state index in [0.29, 0.717) is 0 Å². The van der Waals surface area contributed by atoms with Crippen molar-refractivity contribution in [1.29, 1.82) is 0 Å². The van der Waals surface area contributed by atoms with Crippen LogP contribution in [-0.2, 0) is 10.8 Å². The average molecular weight is 593 g/mol. The van der Waals surface area contributed by atoms with Crippen LogP contribution < -0.4 is 0 Å². The minimum Gasteiger partial charge on any atom is -0.0839 e. The van der Waals surface area contributed by atoms with E-state index in [2.05, 4.69) is 147 Å². The lowest BCUT2D eigenvalue weighted by Crippen LogP contribution is -2.44. The Hall–Kier alpha value is -4.83. The molecule has 0 unspecified atom stereocenters. The standard InChI is InChI=1S/C44H29Cl/c1-26-22-23-27(2)41-38(26)40-30-14-5-9-19-35(30)43(41,36-20-10-6-15-31(36)40)24-25-44-33-17-7-3-12-28(33)39(29-13-4-8-18-34(29)44)32-16-11-21-37(45)42(32)44/h3-23,39-40H,1-2H3. The first kappa shape index (κ1) is 25.5. The predicted octanol–water partition coefficient (Wildman–Crippen LogP) is 9.94. The van der Waals surface area contributed by atoms with Gasteiger partial charge in [-0.1, -0.05) is 145 Å². The highest BCUT2D eigenvalue weighted by Gasteiger charge is 2.55. The quantitative estimate of drug-likeness (QED) is 0.154. The Bertz CT molecular complexity index is 2250. The van der Waals surface area contributed by atoms with E-state index in [4.69, 9.17) is 11.6 Å². The Labute approximate surface area is 269 Å². The molecule has 6 aromatic rings. The van der Waals surface area contributed by atoms with Crippen LogP contribution in [0.25, 0.3) is 0 Å². The third kappa shape index (κ3) is 2.88. The fourth-order valence-corrected chi connectivity index (χ4v) is 9.96. The zero-order valence-electron chi connectivity index (χ0n) is 25.2. The molecule has 45 heavy (non-hydrogen) atoms. The van der Waals surface area contributed by atoms with Crippen molar-refractivity contribution in [3.8, 4) is 11.8 Å². The highest BCUT2D eigenvalue weighted by atomic mass is 35.5. The van der Waals surface area contributed by atoms with E-state index in [1.165, 1.54) is 72.3 Å². The number of halogens is 1. The molecule has 6 aliphatic carbocycles. The molecule has 0 heterocycles. The Morgan fingerprint density at radius 2 is 0.867 bits per heavy atom. The summed E-state index contributed by atoms with van der Waals surface area (Å²) in [6.45, 7) is 4.55. The predicted molar refractivity (Wildman–Crippen MR) is 183 cm³/mol. The van der Waals surface area contributed by atoms with Gasteiger partial charge in [0.1, 0.15) is 10.8 Å². The maximum absolute atomic E-state index is 7.28. The SMILES string of the molecule is Cc1ccc(C)c2c1C1c3ccccc3C2(C#CC23c4ccccc4C(c4ccccc42)c2cccc(Cl)c23)c2ccccc21. The minimum atomic E-state index is -0.708. The summed E-state index contributed by atoms with van der Waals surface area (Å²) in [4.78, 5) is 0. The topological polar surface area (TPSA) is 0 Å². The van der Waals surface area contributed by atoms with Gasteiger partial charge in [0.15, 0.2) is 0 Å². The van der Waals surface area contributed by atoms with Crippen LogP contribution in [0.2, 0.25) is 5.02 Å². The molecular weight excluding hydrogens is 564 g/mol. The molecule has 0 radical (unpaired) electrons. The Morgan fingerprint density at radius 3 is 1.40 bits per heavy atom. The maximum Gasteiger partial charge on any atom is 0.109 e. The molecule has 1 heteroatoms. The van der Waals surface area contributed by atoms with Gasteiger partial charge in [-0.2, -0.15) is 0 Å². The molecule has 0 amide bonds. The normalized spacial score (nSPS) is 23.4. The largest absolute Gasteiger partial charge is 0.109 e. The van der Waals surface area contributed by atoms with Crippen LogP contribution in [0.4, 0.5) is 0 Å². The highest BCUT2D eigenvalue weighted by molar-refractivity contribution is 6.32. The molecule has 6 aromatic carbocycles. The van der Waals surface area contributed by atoms with Crippen molar-refractivity contribution in [3.63, 3.8) is 0 Å². The van der Waals surface area contributed by atoms with Gasteiger partial charge in [-0.05, 0) is 92.2 Å². The number of hydrogen-bond acceptors (Lipinski definition) is 0. The fourth-order valence-electron chi connectivity index (χ4n) is 9.63. The van der Waals surface area contributed by atoms with E-state index in [1.807, 2.05) is 6.07 Å². The second-order valence-electron chi connectivity index (χ2n) is 13.2. The molecule has 212 valence electrons. The van der Waals surface area contributed by atoms with Crippen LogP contribution in [0.15, 0.2) is 127 Å². The van der Waals surface area contributed by atoms with Crippen LogP contribution in [0, 0.1) is 25.7 Å². The van der Waals surface area contributed by atoms with Crippen molar-refractivity contribution < 1.29 is 0 Å². The van der Waals surface area contributed by atoms with Gasteiger partial charge in [0, 0.05) is 22.4 Å². The van der Waals surface area contributed by atoms with Crippen molar-refractivity contribution in [1.82, 2.24) is 0 Å². The van der Waals surface area contributed by atoms with Crippen LogP contribution in [-0.4, -0.2) is 0 Å². The van der Waals surface area contributed by atoms with E-state index in [9.17, 15) is 0 Å². The summed E-state index contributed by atoms with van der Waals surface area (Å²) in [6, 6.07) is 47.0. The summed E-state index contributed by atoms with van der Waals surface area (Å²) in [7, 11) is 0. The second kappa shape index (κ2) is 8.66. The molecule has 0 nitrogen and oxygen atoms in total. The molecular formula is C44H29Cl. The van der Waals surface area contributed by atoms with Crippen molar-refractivity contribution in [2.75, 3.05) is 0 Å². The molecule has 0 saturated carbocycles. The lowest BCUT2D eigenvalue weighted by atomic mass is 9.50. The van der Waals surface area contributed by atoms with E-state index in [1.54, 1.807) is 0 Å². The zero-order valence-corrected chi connectivity index (χ0v) is 25.9. The molecule has 0 fully saturated rings. The first-order valence-corrected chi connectivity index (χ1v) is 16.3. The minimum absolute atomic E-state index is 0.144. The Morgan fingerprint density at radius 1 is 0.444 bits per heavy atom. The van der Waals surface area contributed by atoms with Crippen molar-refractivity contribution in [3.05, 3.63) is 210 Å². The number of hydrogen-bond donors (Lipinski definition) is 0. The van der Waals surface area contributed by atoms with Gasteiger partial charge in [-0.3, -0.25) is 0 Å². The number of aryl methyl sites for hydroxylation is 2. The van der Waals surface area contributed by atoms with E-state index >= 15 is 0 Å². The monoisotopic (exact) mass is 592 g/mol. The van der Waals surface area contributed by atoms with E-state index in [0.717, 1.165) is 10.6 Å². The molecule has 0 saturated heterocycles. The van der Waals surface area contributed by atoms with Crippen LogP contribution >= 0.6 is 11.6 Å². The molecule has 4 bridgehead atoms. The van der Waals surface area contributed by atoms with Gasteiger partial charge in [-0.25, -0.2) is 0 Å². The molecule has 0 aromatic heterocycles. The van der Waals surface area contributed by atoms with Gasteiger partial charge in [-0.15, -0.1) is 0 Å². The van der Waals surface area contributed by atoms with Gasteiger partial charge in [0.2, 0.25) is 0 Å². The second-order valence-corrected chi connectivity index (χ2v) is 13.6.